The number of fused-ring (bicyclic) bond motifs is 2. The molecule has 0 bridgehead atoms. The second-order valence-corrected chi connectivity index (χ2v) is 18.4. The molecule has 336 valence electrons. The SMILES string of the molecule is CCCCCCCCCCCCCCCCCCCC[C@@H](COP(=O)(O)OC[C@@]1(C#N)O[C@@H](c2ccc3c(N)ncnn23)[C@@H]2OC(C)(C)O[C@@H]21)OCc1cc(F)cc(C#N)c1. The number of nitriles is 2. The molecule has 14 nitrogen and oxygen atoms in total. The van der Waals surface area contributed by atoms with Gasteiger partial charge in [0, 0.05) is 0 Å². The largest absolute Gasteiger partial charge is 0.472 e. The van der Waals surface area contributed by atoms with Crippen LogP contribution in [0.15, 0.2) is 36.7 Å². The highest BCUT2D eigenvalue weighted by atomic mass is 31.2. The Morgan fingerprint density at radius 2 is 1.52 bits per heavy atom. The van der Waals surface area contributed by atoms with Gasteiger partial charge in [-0.3, -0.25) is 9.05 Å². The summed E-state index contributed by atoms with van der Waals surface area (Å²) in [7, 11) is -4.80. The molecule has 1 aromatic carbocycles. The number of benzene rings is 1. The second-order valence-electron chi connectivity index (χ2n) is 17.0. The number of halogens is 1. The van der Waals surface area contributed by atoms with E-state index in [9.17, 15) is 24.4 Å². The molecular weight excluding hydrogens is 803 g/mol. The van der Waals surface area contributed by atoms with Gasteiger partial charge < -0.3 is 29.6 Å². The lowest BCUT2D eigenvalue weighted by Crippen LogP contribution is -2.45. The van der Waals surface area contributed by atoms with Crippen LogP contribution in [0.1, 0.15) is 166 Å². The van der Waals surface area contributed by atoms with Crippen molar-refractivity contribution in [1.29, 1.82) is 10.5 Å². The Bertz CT molecular complexity index is 1950. The summed E-state index contributed by atoms with van der Waals surface area (Å²) in [5.41, 5.74) is 5.84. The third-order valence-electron chi connectivity index (χ3n) is 11.5. The van der Waals surface area contributed by atoms with E-state index < -0.39 is 56.1 Å². The maximum Gasteiger partial charge on any atom is 0.472 e. The lowest BCUT2D eigenvalue weighted by Gasteiger charge is -2.29. The minimum Gasteiger partial charge on any atom is -0.382 e. The zero-order valence-corrected chi connectivity index (χ0v) is 37.2. The summed E-state index contributed by atoms with van der Waals surface area (Å²) < 4.78 is 64.8. The molecule has 0 saturated carbocycles. The summed E-state index contributed by atoms with van der Waals surface area (Å²) >= 11 is 0. The number of nitrogens with zero attached hydrogens (tertiary/aromatic N) is 5. The number of phosphoric ester groups is 1. The number of ether oxygens (including phenoxy) is 4. The highest BCUT2D eigenvalue weighted by Crippen LogP contribution is 2.52. The standard InChI is InChI=1S/C45H66FN6O8P/c1-4-5-6-7-8-9-10-11-12-13-14-15-16-17-18-19-20-21-22-37(55-29-35-25-34(28-47)26-36(46)27-35)30-56-61(53,54)57-32-45(31-48)42-41(58-44(2,3)60-42)40(59-45)38-23-24-39-43(49)50-33-51-52(38)39/h23-27,33,37,40-42H,4-22,29-30,32H2,1-3H3,(H,53,54)(H2,49,50,51)/t37-,40-,41-,42-,45+/m0/s1. The van der Waals surface area contributed by atoms with Crippen molar-refractivity contribution >= 4 is 19.2 Å². The number of unbranched alkanes of at least 4 members (excludes halogenated alkanes) is 17. The minimum absolute atomic E-state index is 0.0376. The first kappa shape index (κ1) is 48.5. The summed E-state index contributed by atoms with van der Waals surface area (Å²) in [6.45, 7) is 4.63. The second kappa shape index (κ2) is 23.8. The van der Waals surface area contributed by atoms with Gasteiger partial charge in [0.2, 0.25) is 5.60 Å². The van der Waals surface area contributed by atoms with E-state index in [2.05, 4.69) is 23.1 Å². The highest BCUT2D eigenvalue weighted by molar-refractivity contribution is 7.47. The molecule has 0 aliphatic carbocycles. The first-order valence-electron chi connectivity index (χ1n) is 22.3. The molecule has 3 N–H and O–H groups in total. The van der Waals surface area contributed by atoms with Crippen molar-refractivity contribution in [2.75, 3.05) is 18.9 Å². The molecule has 4 heterocycles. The van der Waals surface area contributed by atoms with Gasteiger partial charge in [0.1, 0.15) is 48.6 Å². The number of anilines is 1. The van der Waals surface area contributed by atoms with Crippen molar-refractivity contribution in [2.24, 2.45) is 0 Å². The van der Waals surface area contributed by atoms with E-state index in [1.54, 1.807) is 30.5 Å². The lowest BCUT2D eigenvalue weighted by atomic mass is 9.96. The Hall–Kier alpha value is -3.50. The average molecular weight is 869 g/mol. The number of hydrogen-bond acceptors (Lipinski definition) is 12. The number of hydrogen-bond donors (Lipinski definition) is 2. The predicted molar refractivity (Wildman–Crippen MR) is 228 cm³/mol. The van der Waals surface area contributed by atoms with E-state index in [4.69, 9.17) is 33.7 Å². The van der Waals surface area contributed by atoms with Crippen molar-refractivity contribution in [3.63, 3.8) is 0 Å². The summed E-state index contributed by atoms with van der Waals surface area (Å²) in [4.78, 5) is 14.9. The Balaban J connectivity index is 1.09. The van der Waals surface area contributed by atoms with Crippen LogP contribution < -0.4 is 5.73 Å². The maximum atomic E-state index is 14.2. The average Bonchev–Trinajstić information content (AvgIpc) is 3.90. The fourth-order valence-corrected chi connectivity index (χ4v) is 9.06. The smallest absolute Gasteiger partial charge is 0.382 e. The molecule has 2 fully saturated rings. The third-order valence-corrected chi connectivity index (χ3v) is 12.5. The Morgan fingerprint density at radius 3 is 2.13 bits per heavy atom. The molecule has 1 unspecified atom stereocenters. The quantitative estimate of drug-likeness (QED) is 0.0494. The molecule has 16 heteroatoms. The minimum atomic E-state index is -4.80. The topological polar surface area (TPSA) is 196 Å². The van der Waals surface area contributed by atoms with Crippen LogP contribution in [0.25, 0.3) is 5.52 Å². The van der Waals surface area contributed by atoms with Crippen LogP contribution in [0.3, 0.4) is 0 Å². The van der Waals surface area contributed by atoms with Crippen molar-refractivity contribution in [3.05, 3.63) is 59.3 Å². The molecule has 2 aliphatic heterocycles. The van der Waals surface area contributed by atoms with Gasteiger partial charge in [-0.2, -0.15) is 15.6 Å². The van der Waals surface area contributed by atoms with Gasteiger partial charge in [-0.05, 0) is 56.2 Å². The molecule has 0 radical (unpaired) electrons. The zero-order chi connectivity index (χ0) is 43.7. The number of nitrogen functional groups attached to an aromatic ring is 1. The predicted octanol–water partition coefficient (Wildman–Crippen LogP) is 10.3. The zero-order valence-electron chi connectivity index (χ0n) is 36.3. The first-order valence-corrected chi connectivity index (χ1v) is 23.8. The summed E-state index contributed by atoms with van der Waals surface area (Å²) in [6, 6.07) is 11.5. The first-order chi connectivity index (χ1) is 29.4. The Labute approximate surface area is 360 Å². The van der Waals surface area contributed by atoms with Crippen molar-refractivity contribution in [1.82, 2.24) is 14.6 Å². The molecule has 2 aromatic heterocycles. The monoisotopic (exact) mass is 868 g/mol. The van der Waals surface area contributed by atoms with Gasteiger partial charge in [-0.15, -0.1) is 0 Å². The van der Waals surface area contributed by atoms with E-state index in [0.29, 0.717) is 23.2 Å². The lowest BCUT2D eigenvalue weighted by molar-refractivity contribution is -0.204. The molecule has 0 amide bonds. The van der Waals surface area contributed by atoms with E-state index >= 15 is 0 Å². The maximum absolute atomic E-state index is 14.2. The Kier molecular flexibility index (Phi) is 18.9. The number of nitrogens with two attached hydrogens (primary N) is 1. The van der Waals surface area contributed by atoms with Crippen LogP contribution in [-0.4, -0.2) is 62.4 Å². The molecule has 3 aromatic rings. The van der Waals surface area contributed by atoms with E-state index in [-0.39, 0.29) is 24.6 Å². The van der Waals surface area contributed by atoms with Crippen LogP contribution >= 0.6 is 7.82 Å². The van der Waals surface area contributed by atoms with Crippen LogP contribution in [0.2, 0.25) is 0 Å². The molecule has 5 rings (SSSR count). The van der Waals surface area contributed by atoms with Crippen LogP contribution in [0, 0.1) is 28.5 Å². The fraction of sp³-hybridized carbons (Fsp3) is 0.689. The van der Waals surface area contributed by atoms with Crippen molar-refractivity contribution in [3.8, 4) is 12.1 Å². The van der Waals surface area contributed by atoms with Crippen LogP contribution in [-0.2, 0) is 39.2 Å². The highest BCUT2D eigenvalue weighted by Gasteiger charge is 2.65. The van der Waals surface area contributed by atoms with Gasteiger partial charge in [-0.1, -0.05) is 122 Å². The third kappa shape index (κ3) is 14.5. The molecule has 2 saturated heterocycles. The number of phosphoric acid groups is 1. The fourth-order valence-electron chi connectivity index (χ4n) is 8.28. The van der Waals surface area contributed by atoms with E-state index in [1.165, 1.54) is 108 Å². The van der Waals surface area contributed by atoms with E-state index in [0.717, 1.165) is 31.7 Å². The van der Waals surface area contributed by atoms with Gasteiger partial charge in [0.05, 0.1) is 36.6 Å². The summed E-state index contributed by atoms with van der Waals surface area (Å²) in [6.07, 6.45) is 21.0. The molecule has 0 spiro atoms. The van der Waals surface area contributed by atoms with Gasteiger partial charge in [-0.25, -0.2) is 18.5 Å². The van der Waals surface area contributed by atoms with Crippen molar-refractivity contribution < 1.29 is 41.8 Å². The van der Waals surface area contributed by atoms with Gasteiger partial charge in [0.25, 0.3) is 0 Å². The van der Waals surface area contributed by atoms with Crippen LogP contribution in [0.4, 0.5) is 10.2 Å². The van der Waals surface area contributed by atoms with Crippen molar-refractivity contribution in [2.45, 2.75) is 185 Å². The molecule has 2 aliphatic rings. The van der Waals surface area contributed by atoms with Gasteiger partial charge >= 0.3 is 7.82 Å². The molecule has 61 heavy (non-hydrogen) atoms. The number of aromatic nitrogens is 3. The summed E-state index contributed by atoms with van der Waals surface area (Å²) in [5.74, 6) is -1.42. The van der Waals surface area contributed by atoms with Gasteiger partial charge in [0.15, 0.2) is 11.6 Å². The normalized spacial score (nSPS) is 22.2. The summed E-state index contributed by atoms with van der Waals surface area (Å²) in [5, 5.41) is 24.1. The van der Waals surface area contributed by atoms with E-state index in [1.807, 2.05) is 6.07 Å². The Morgan fingerprint density at radius 1 is 0.902 bits per heavy atom. The van der Waals surface area contributed by atoms with Crippen LogP contribution in [0.5, 0.6) is 0 Å². The number of rotatable bonds is 29. The molecular formula is C45H66FN6O8P. The molecule has 6 atom stereocenters.